The molecule has 98 valence electrons. The van der Waals surface area contributed by atoms with Crippen molar-refractivity contribution in [2.75, 3.05) is 39.8 Å². The van der Waals surface area contributed by atoms with Crippen molar-refractivity contribution in [3.63, 3.8) is 0 Å². The fourth-order valence-corrected chi connectivity index (χ4v) is 2.50. The van der Waals surface area contributed by atoms with Crippen molar-refractivity contribution >= 4 is 0 Å². The lowest BCUT2D eigenvalue weighted by Gasteiger charge is -2.34. The Morgan fingerprint density at radius 1 is 1.47 bits per heavy atom. The van der Waals surface area contributed by atoms with Crippen LogP contribution in [0.25, 0.3) is 0 Å². The van der Waals surface area contributed by atoms with Gasteiger partial charge in [-0.05, 0) is 45.8 Å². The molecule has 4 nitrogen and oxygen atoms in total. The van der Waals surface area contributed by atoms with Crippen LogP contribution in [0.1, 0.15) is 26.2 Å². The van der Waals surface area contributed by atoms with Crippen molar-refractivity contribution in [1.82, 2.24) is 9.80 Å². The maximum absolute atomic E-state index is 9.33. The van der Waals surface area contributed by atoms with Crippen LogP contribution in [0.3, 0.4) is 0 Å². The lowest BCUT2D eigenvalue weighted by molar-refractivity contribution is 0.0928. The Kier molecular flexibility index (Phi) is 6.49. The van der Waals surface area contributed by atoms with Crippen LogP contribution >= 0.6 is 0 Å². The van der Waals surface area contributed by atoms with Crippen LogP contribution in [0.5, 0.6) is 0 Å². The molecular formula is C13H25N3O. The third kappa shape index (κ3) is 6.02. The third-order valence-corrected chi connectivity index (χ3v) is 3.40. The second kappa shape index (κ2) is 7.65. The normalized spacial score (nSPS) is 20.4. The summed E-state index contributed by atoms with van der Waals surface area (Å²) < 4.78 is 0. The van der Waals surface area contributed by atoms with Gasteiger partial charge in [0.2, 0.25) is 0 Å². The van der Waals surface area contributed by atoms with Crippen LogP contribution in [-0.4, -0.2) is 60.8 Å². The maximum atomic E-state index is 9.33. The van der Waals surface area contributed by atoms with E-state index in [4.69, 9.17) is 5.26 Å². The van der Waals surface area contributed by atoms with Crippen molar-refractivity contribution < 1.29 is 5.11 Å². The number of nitriles is 1. The fraction of sp³-hybridized carbons (Fsp3) is 0.923. The van der Waals surface area contributed by atoms with Gasteiger partial charge in [0.25, 0.3) is 0 Å². The average Bonchev–Trinajstić information content (AvgIpc) is 2.28. The molecule has 0 bridgehead atoms. The molecule has 4 heteroatoms. The highest BCUT2D eigenvalue weighted by atomic mass is 16.3. The summed E-state index contributed by atoms with van der Waals surface area (Å²) in [6.45, 7) is 6.83. The van der Waals surface area contributed by atoms with E-state index in [1.807, 2.05) is 6.92 Å². The van der Waals surface area contributed by atoms with E-state index in [9.17, 15) is 5.11 Å². The first-order chi connectivity index (χ1) is 8.11. The molecule has 1 aliphatic rings. The van der Waals surface area contributed by atoms with Gasteiger partial charge >= 0.3 is 0 Å². The predicted molar refractivity (Wildman–Crippen MR) is 68.6 cm³/mol. The van der Waals surface area contributed by atoms with E-state index in [-0.39, 0.29) is 6.10 Å². The predicted octanol–water partition coefficient (Wildman–Crippen LogP) is 0.925. The van der Waals surface area contributed by atoms with Crippen molar-refractivity contribution in [3.8, 4) is 6.07 Å². The van der Waals surface area contributed by atoms with Crippen LogP contribution in [0.2, 0.25) is 0 Å². The monoisotopic (exact) mass is 239 g/mol. The van der Waals surface area contributed by atoms with Gasteiger partial charge in [-0.1, -0.05) is 0 Å². The second-order valence-corrected chi connectivity index (χ2v) is 5.26. The number of hydrogen-bond acceptors (Lipinski definition) is 4. The summed E-state index contributed by atoms with van der Waals surface area (Å²) in [5, 5.41) is 17.9. The number of aliphatic hydroxyl groups excluding tert-OH is 1. The molecule has 0 radical (unpaired) electrons. The minimum Gasteiger partial charge on any atom is -0.392 e. The number of aliphatic hydroxyl groups is 1. The zero-order valence-corrected chi connectivity index (χ0v) is 11.1. The Hall–Kier alpha value is -0.630. The largest absolute Gasteiger partial charge is 0.392 e. The zero-order chi connectivity index (χ0) is 12.7. The molecule has 1 heterocycles. The molecule has 1 unspecified atom stereocenters. The Morgan fingerprint density at radius 2 is 2.12 bits per heavy atom. The quantitative estimate of drug-likeness (QED) is 0.749. The number of likely N-dealkylation sites (tertiary alicyclic amines) is 1. The Morgan fingerprint density at radius 3 is 2.65 bits per heavy atom. The molecule has 0 saturated carbocycles. The number of hydrogen-bond donors (Lipinski definition) is 1. The molecule has 1 rings (SSSR count). The van der Waals surface area contributed by atoms with Gasteiger partial charge < -0.3 is 14.9 Å². The summed E-state index contributed by atoms with van der Waals surface area (Å²) in [7, 11) is 2.10. The van der Waals surface area contributed by atoms with Crippen molar-refractivity contribution in [2.24, 2.45) is 5.92 Å². The van der Waals surface area contributed by atoms with Gasteiger partial charge in [0.15, 0.2) is 0 Å². The third-order valence-electron chi connectivity index (χ3n) is 3.40. The molecule has 1 fully saturated rings. The van der Waals surface area contributed by atoms with Gasteiger partial charge in [0, 0.05) is 26.1 Å². The summed E-state index contributed by atoms with van der Waals surface area (Å²) in [4.78, 5) is 4.61. The summed E-state index contributed by atoms with van der Waals surface area (Å²) in [6.07, 6.45) is 2.83. The van der Waals surface area contributed by atoms with Crippen molar-refractivity contribution in [2.45, 2.75) is 32.3 Å². The first-order valence-electron chi connectivity index (χ1n) is 6.57. The molecule has 0 aromatic heterocycles. The number of rotatable bonds is 6. The highest BCUT2D eigenvalue weighted by molar-refractivity contribution is 4.77. The molecule has 0 spiro atoms. The first-order valence-corrected chi connectivity index (χ1v) is 6.57. The molecule has 0 amide bonds. The summed E-state index contributed by atoms with van der Waals surface area (Å²) in [5.74, 6) is 0.754. The Balaban J connectivity index is 2.16. The highest BCUT2D eigenvalue weighted by Crippen LogP contribution is 2.18. The molecule has 1 saturated heterocycles. The van der Waals surface area contributed by atoms with E-state index >= 15 is 0 Å². The van der Waals surface area contributed by atoms with Crippen LogP contribution in [0.15, 0.2) is 0 Å². The molecule has 1 atom stereocenters. The van der Waals surface area contributed by atoms with Gasteiger partial charge in [-0.2, -0.15) is 5.26 Å². The van der Waals surface area contributed by atoms with Crippen molar-refractivity contribution in [3.05, 3.63) is 0 Å². The summed E-state index contributed by atoms with van der Waals surface area (Å²) >= 11 is 0. The smallest absolute Gasteiger partial charge is 0.0639 e. The highest BCUT2D eigenvalue weighted by Gasteiger charge is 2.20. The number of nitrogens with zero attached hydrogens (tertiary/aromatic N) is 3. The van der Waals surface area contributed by atoms with Crippen LogP contribution < -0.4 is 0 Å². The van der Waals surface area contributed by atoms with E-state index in [2.05, 4.69) is 22.9 Å². The van der Waals surface area contributed by atoms with Crippen LogP contribution in [-0.2, 0) is 0 Å². The second-order valence-electron chi connectivity index (χ2n) is 5.26. The zero-order valence-electron chi connectivity index (χ0n) is 11.1. The first kappa shape index (κ1) is 14.4. The minimum absolute atomic E-state index is 0.218. The average molecular weight is 239 g/mol. The van der Waals surface area contributed by atoms with Gasteiger partial charge in [0.05, 0.1) is 12.2 Å². The SMILES string of the molecule is CC(O)CN1CCC(CN(C)CCC#N)CC1. The summed E-state index contributed by atoms with van der Waals surface area (Å²) in [6, 6.07) is 2.19. The van der Waals surface area contributed by atoms with E-state index < -0.39 is 0 Å². The van der Waals surface area contributed by atoms with E-state index in [1.165, 1.54) is 12.8 Å². The molecule has 17 heavy (non-hydrogen) atoms. The Bertz CT molecular complexity index is 242. The standard InChI is InChI=1S/C13H25N3O/c1-12(17)10-16-8-4-13(5-9-16)11-15(2)7-3-6-14/h12-13,17H,3-5,7-11H2,1-2H3. The number of β-amino-alcohol motifs (C(OH)–C–C–N with tert-alkyl or cyclic N) is 1. The molecule has 0 aromatic rings. The molecule has 0 aromatic carbocycles. The summed E-state index contributed by atoms with van der Waals surface area (Å²) in [5.41, 5.74) is 0. The van der Waals surface area contributed by atoms with E-state index in [0.717, 1.165) is 38.6 Å². The van der Waals surface area contributed by atoms with E-state index in [0.29, 0.717) is 6.42 Å². The van der Waals surface area contributed by atoms with Crippen molar-refractivity contribution in [1.29, 1.82) is 5.26 Å². The Labute approximate surface area is 105 Å². The van der Waals surface area contributed by atoms with Gasteiger partial charge in [0.1, 0.15) is 0 Å². The van der Waals surface area contributed by atoms with Crippen LogP contribution in [0.4, 0.5) is 0 Å². The molecule has 0 aliphatic carbocycles. The molecule has 1 N–H and O–H groups in total. The lowest BCUT2D eigenvalue weighted by Crippen LogP contribution is -2.40. The van der Waals surface area contributed by atoms with Crippen LogP contribution in [0, 0.1) is 17.2 Å². The lowest BCUT2D eigenvalue weighted by atomic mass is 9.96. The fourth-order valence-electron chi connectivity index (χ4n) is 2.50. The molecular weight excluding hydrogens is 214 g/mol. The number of piperidine rings is 1. The maximum Gasteiger partial charge on any atom is 0.0639 e. The van der Waals surface area contributed by atoms with Gasteiger partial charge in [-0.15, -0.1) is 0 Å². The minimum atomic E-state index is -0.218. The topological polar surface area (TPSA) is 50.5 Å². The van der Waals surface area contributed by atoms with Gasteiger partial charge in [-0.3, -0.25) is 0 Å². The van der Waals surface area contributed by atoms with E-state index in [1.54, 1.807) is 0 Å². The van der Waals surface area contributed by atoms with Gasteiger partial charge in [-0.25, -0.2) is 0 Å². The molecule has 1 aliphatic heterocycles.